The highest BCUT2D eigenvalue weighted by molar-refractivity contribution is 7.13. The smallest absolute Gasteiger partial charge is 0.268 e. The van der Waals surface area contributed by atoms with Crippen molar-refractivity contribution in [2.45, 2.75) is 79.1 Å². The van der Waals surface area contributed by atoms with Gasteiger partial charge in [0.2, 0.25) is 0 Å². The topological polar surface area (TPSA) is 98.8 Å². The summed E-state index contributed by atoms with van der Waals surface area (Å²) in [6.45, 7) is 9.87. The van der Waals surface area contributed by atoms with Crippen molar-refractivity contribution in [2.24, 2.45) is 11.8 Å². The van der Waals surface area contributed by atoms with Crippen LogP contribution >= 0.6 is 22.7 Å². The lowest BCUT2D eigenvalue weighted by Gasteiger charge is -2.35. The molecule has 2 aliphatic rings. The van der Waals surface area contributed by atoms with Crippen molar-refractivity contribution < 1.29 is 19.2 Å². The predicted octanol–water partition coefficient (Wildman–Crippen LogP) is 13.2. The van der Waals surface area contributed by atoms with Gasteiger partial charge in [-0.25, -0.2) is 9.80 Å². The van der Waals surface area contributed by atoms with E-state index in [2.05, 4.69) is 38.3 Å². The Hall–Kier alpha value is -5.58. The van der Waals surface area contributed by atoms with Crippen LogP contribution in [0.2, 0.25) is 0 Å². The SMILES string of the molecule is CCCCC(CC)CNc1cc2c3c(c(NCC(CC)CCCC)cc4c3c1C(=O)N(c1ccc(-c3cccs3)cc1)C4=O)C(=O)N(c1ccc(-c3cccs3)cc1)C2=O. The van der Waals surface area contributed by atoms with Crippen LogP contribution in [-0.2, 0) is 0 Å². The average Bonchev–Trinajstić information content (AvgIpc) is 4.02. The van der Waals surface area contributed by atoms with Gasteiger partial charge < -0.3 is 10.6 Å². The average molecular weight is 837 g/mol. The third-order valence-corrected chi connectivity index (χ3v) is 14.1. The van der Waals surface area contributed by atoms with E-state index in [9.17, 15) is 9.59 Å². The molecule has 10 heteroatoms. The molecule has 0 fully saturated rings. The number of nitrogens with zero attached hydrogens (tertiary/aromatic N) is 2. The Bertz CT molecular complexity index is 2350. The largest absolute Gasteiger partial charge is 0.384 e. The highest BCUT2D eigenvalue weighted by atomic mass is 32.1. The molecule has 0 saturated carbocycles. The van der Waals surface area contributed by atoms with E-state index in [1.54, 1.807) is 34.8 Å². The van der Waals surface area contributed by atoms with E-state index >= 15 is 9.59 Å². The van der Waals surface area contributed by atoms with Crippen LogP contribution < -0.4 is 20.4 Å². The number of benzene rings is 4. The fourth-order valence-electron chi connectivity index (χ4n) is 8.64. The van der Waals surface area contributed by atoms with E-state index in [1.807, 2.05) is 83.6 Å². The first kappa shape index (κ1) is 41.2. The van der Waals surface area contributed by atoms with Crippen molar-refractivity contribution in [2.75, 3.05) is 33.5 Å². The van der Waals surface area contributed by atoms with Crippen molar-refractivity contribution in [3.8, 4) is 20.9 Å². The molecule has 6 aromatic rings. The summed E-state index contributed by atoms with van der Waals surface area (Å²) in [7, 11) is 0. The minimum Gasteiger partial charge on any atom is -0.384 e. The van der Waals surface area contributed by atoms with Gasteiger partial charge in [0.25, 0.3) is 23.6 Å². The van der Waals surface area contributed by atoms with Crippen LogP contribution in [0.5, 0.6) is 0 Å². The molecular formula is C50H52N4O4S2. The highest BCUT2D eigenvalue weighted by Gasteiger charge is 2.44. The predicted molar refractivity (Wildman–Crippen MR) is 249 cm³/mol. The molecule has 2 N–H and O–H groups in total. The molecule has 4 aromatic carbocycles. The zero-order valence-electron chi connectivity index (χ0n) is 34.8. The Kier molecular flexibility index (Phi) is 12.3. The van der Waals surface area contributed by atoms with Crippen LogP contribution in [0.1, 0.15) is 120 Å². The van der Waals surface area contributed by atoms with Crippen molar-refractivity contribution in [1.82, 2.24) is 0 Å². The van der Waals surface area contributed by atoms with Gasteiger partial charge in [0.05, 0.1) is 33.6 Å². The Morgan fingerprint density at radius 2 is 0.933 bits per heavy atom. The number of carbonyl (C=O) groups is 4. The second kappa shape index (κ2) is 18.0. The Labute approximate surface area is 360 Å². The molecule has 60 heavy (non-hydrogen) atoms. The van der Waals surface area contributed by atoms with Gasteiger partial charge in [0.15, 0.2) is 0 Å². The molecule has 2 atom stereocenters. The first-order valence-corrected chi connectivity index (χ1v) is 23.2. The normalized spacial score (nSPS) is 14.6. The number of anilines is 4. The second-order valence-corrected chi connectivity index (χ2v) is 17.9. The molecule has 0 saturated heterocycles. The molecule has 2 unspecified atom stereocenters. The van der Waals surface area contributed by atoms with Crippen LogP contribution in [0.25, 0.3) is 31.7 Å². The molecule has 8 nitrogen and oxygen atoms in total. The van der Waals surface area contributed by atoms with Crippen molar-refractivity contribution >= 4 is 79.8 Å². The Morgan fingerprint density at radius 1 is 0.533 bits per heavy atom. The molecule has 4 amide bonds. The maximum absolute atomic E-state index is 15.1. The first-order valence-electron chi connectivity index (χ1n) is 21.5. The van der Waals surface area contributed by atoms with Gasteiger partial charge in [-0.1, -0.05) is 103 Å². The van der Waals surface area contributed by atoms with Crippen molar-refractivity contribution in [3.63, 3.8) is 0 Å². The fourth-order valence-corrected chi connectivity index (χ4v) is 10.1. The van der Waals surface area contributed by atoms with Gasteiger partial charge in [-0.15, -0.1) is 22.7 Å². The van der Waals surface area contributed by atoms with Gasteiger partial charge in [-0.3, -0.25) is 19.2 Å². The van der Waals surface area contributed by atoms with E-state index in [0.29, 0.717) is 69.6 Å². The number of imide groups is 2. The van der Waals surface area contributed by atoms with Crippen LogP contribution in [0.15, 0.2) is 95.7 Å². The molecule has 2 aromatic heterocycles. The van der Waals surface area contributed by atoms with Crippen molar-refractivity contribution in [1.29, 1.82) is 0 Å². The maximum Gasteiger partial charge on any atom is 0.268 e. The molecule has 4 heterocycles. The first-order chi connectivity index (χ1) is 29.3. The monoisotopic (exact) mass is 836 g/mol. The van der Waals surface area contributed by atoms with E-state index < -0.39 is 23.6 Å². The number of thiophene rings is 2. The molecule has 8 rings (SSSR count). The van der Waals surface area contributed by atoms with E-state index in [0.717, 1.165) is 72.2 Å². The summed E-state index contributed by atoms with van der Waals surface area (Å²) in [6.07, 6.45) is 8.26. The number of amides is 4. The van der Waals surface area contributed by atoms with Crippen LogP contribution in [0.3, 0.4) is 0 Å². The van der Waals surface area contributed by atoms with E-state index in [1.165, 1.54) is 9.80 Å². The number of nitrogens with one attached hydrogen (secondary N) is 2. The summed E-state index contributed by atoms with van der Waals surface area (Å²) in [6, 6.07) is 26.6. The summed E-state index contributed by atoms with van der Waals surface area (Å²) < 4.78 is 0. The molecule has 0 radical (unpaired) electrons. The quantitative estimate of drug-likeness (QED) is 0.0837. The number of hydrogen-bond acceptors (Lipinski definition) is 8. The van der Waals surface area contributed by atoms with Gasteiger partial charge in [0, 0.05) is 45.0 Å². The molecule has 0 spiro atoms. The highest BCUT2D eigenvalue weighted by Crippen LogP contribution is 2.46. The number of hydrogen-bond donors (Lipinski definition) is 2. The molecule has 0 bridgehead atoms. The lowest BCUT2D eigenvalue weighted by molar-refractivity contribution is 0.0873. The number of carbonyl (C=O) groups excluding carboxylic acids is 4. The Morgan fingerprint density at radius 3 is 1.27 bits per heavy atom. The fraction of sp³-hybridized carbons (Fsp3) is 0.320. The number of unbranched alkanes of at least 4 members (excludes halogenated alkanes) is 2. The van der Waals surface area contributed by atoms with Gasteiger partial charge in [-0.2, -0.15) is 0 Å². The molecular weight excluding hydrogens is 785 g/mol. The maximum atomic E-state index is 15.1. The summed E-state index contributed by atoms with van der Waals surface area (Å²) in [5.74, 6) is -1.30. The van der Waals surface area contributed by atoms with Gasteiger partial charge in [0.1, 0.15) is 0 Å². The Balaban J connectivity index is 1.31. The van der Waals surface area contributed by atoms with Crippen LogP contribution in [-0.4, -0.2) is 36.7 Å². The van der Waals surface area contributed by atoms with Crippen molar-refractivity contribution in [3.05, 3.63) is 118 Å². The summed E-state index contributed by atoms with van der Waals surface area (Å²) in [5, 5.41) is 12.0. The lowest BCUT2D eigenvalue weighted by atomic mass is 9.83. The summed E-state index contributed by atoms with van der Waals surface area (Å²) in [4.78, 5) is 64.7. The lowest BCUT2D eigenvalue weighted by Crippen LogP contribution is -2.44. The standard InChI is InChI=1S/C50H52N4O4S2/c1-5-9-13-31(7-3)29-51-39-27-37-44-43-38(48(56)53(49(57)45(39)43)35-21-17-33(18-22-35)41-15-11-25-59-41)28-40(52-30-32(8-4)14-10-6-2)46(44)50(58)54(47(37)55)36-23-19-34(20-24-36)42-16-12-26-60-42/h11-12,15-28,31-32,51-52H,5-10,13-14,29-30H2,1-4H3. The number of rotatable bonds is 18. The van der Waals surface area contributed by atoms with Crippen LogP contribution in [0.4, 0.5) is 22.7 Å². The minimum atomic E-state index is -0.493. The van der Waals surface area contributed by atoms with Gasteiger partial charge >= 0.3 is 0 Å². The summed E-state index contributed by atoms with van der Waals surface area (Å²) >= 11 is 3.25. The third-order valence-electron chi connectivity index (χ3n) is 12.2. The van der Waals surface area contributed by atoms with E-state index in [4.69, 9.17) is 0 Å². The minimum absolute atomic E-state index is 0.284. The second-order valence-electron chi connectivity index (χ2n) is 16.0. The summed E-state index contributed by atoms with van der Waals surface area (Å²) in [5.41, 5.74) is 5.03. The van der Waals surface area contributed by atoms with Gasteiger partial charge in [-0.05, 0) is 95.1 Å². The molecule has 0 aliphatic carbocycles. The molecule has 2 aliphatic heterocycles. The molecule has 308 valence electrons. The third kappa shape index (κ3) is 7.67. The van der Waals surface area contributed by atoms with Crippen LogP contribution in [0, 0.1) is 11.8 Å². The van der Waals surface area contributed by atoms with E-state index in [-0.39, 0.29) is 11.1 Å². The zero-order chi connectivity index (χ0) is 41.9. The zero-order valence-corrected chi connectivity index (χ0v) is 36.4.